The predicted octanol–water partition coefficient (Wildman–Crippen LogP) is 1.50. The maximum atomic E-state index is 11.2. The molecule has 1 aromatic rings. The molecule has 1 rings (SSSR count). The Kier molecular flexibility index (Phi) is 4.61. The van der Waals surface area contributed by atoms with Crippen molar-refractivity contribution in [3.8, 4) is 0 Å². The molecule has 0 unspecified atom stereocenters. The molecule has 0 spiro atoms. The van der Waals surface area contributed by atoms with Gasteiger partial charge in [-0.25, -0.2) is 9.78 Å². The lowest BCUT2D eigenvalue weighted by Crippen LogP contribution is -2.30. The van der Waals surface area contributed by atoms with E-state index in [9.17, 15) is 4.79 Å². The van der Waals surface area contributed by atoms with Gasteiger partial charge >= 0.3 is 6.03 Å². The van der Waals surface area contributed by atoms with Gasteiger partial charge in [0.2, 0.25) is 0 Å². The van der Waals surface area contributed by atoms with E-state index >= 15 is 0 Å². The molecule has 0 saturated carbocycles. The van der Waals surface area contributed by atoms with Crippen molar-refractivity contribution in [3.05, 3.63) is 22.4 Å². The van der Waals surface area contributed by atoms with Crippen LogP contribution in [-0.2, 0) is 0 Å². The van der Waals surface area contributed by atoms with Gasteiger partial charge in [-0.05, 0) is 12.1 Å². The summed E-state index contributed by atoms with van der Waals surface area (Å²) in [5, 5.41) is 13.8. The first kappa shape index (κ1) is 12.0. The van der Waals surface area contributed by atoms with Gasteiger partial charge in [0, 0.05) is 12.2 Å². The van der Waals surface area contributed by atoms with Crippen LogP contribution < -0.4 is 10.6 Å². The van der Waals surface area contributed by atoms with Crippen LogP contribution in [0.15, 0.2) is 12.1 Å². The number of nitrogens with one attached hydrogen (secondary N) is 2. The molecule has 0 aliphatic heterocycles. The fourth-order valence-corrected chi connectivity index (χ4v) is 1.34. The summed E-state index contributed by atoms with van der Waals surface area (Å²) in [6, 6.07) is 2.49. The average molecular weight is 250 g/mol. The molecule has 0 fully saturated rings. The van der Waals surface area contributed by atoms with Crippen molar-refractivity contribution >= 4 is 34.9 Å². The van der Waals surface area contributed by atoms with Gasteiger partial charge in [0.25, 0.3) is 0 Å². The zero-order valence-corrected chi connectivity index (χ0v) is 9.14. The molecule has 0 aliphatic rings. The van der Waals surface area contributed by atoms with E-state index in [4.69, 9.17) is 28.3 Å². The van der Waals surface area contributed by atoms with E-state index in [0.29, 0.717) is 5.69 Å². The largest absolute Gasteiger partial charge is 0.395 e. The highest BCUT2D eigenvalue weighted by Crippen LogP contribution is 2.18. The Morgan fingerprint density at radius 3 is 2.53 bits per heavy atom. The van der Waals surface area contributed by atoms with Gasteiger partial charge in [-0.1, -0.05) is 23.2 Å². The highest BCUT2D eigenvalue weighted by molar-refractivity contribution is 6.32. The zero-order chi connectivity index (χ0) is 11.3. The lowest BCUT2D eigenvalue weighted by molar-refractivity contribution is 0.245. The zero-order valence-electron chi connectivity index (χ0n) is 7.63. The standard InChI is InChI=1S/C8H9Cl2N3O2/c9-6-3-5(4-7(10)13-6)12-8(15)11-1-2-14/h3-4,14H,1-2H2,(H2,11,12,13,15). The van der Waals surface area contributed by atoms with Crippen molar-refractivity contribution in [2.24, 2.45) is 0 Å². The van der Waals surface area contributed by atoms with Crippen LogP contribution in [0, 0.1) is 0 Å². The van der Waals surface area contributed by atoms with Gasteiger partial charge in [0.05, 0.1) is 6.61 Å². The third-order valence-electron chi connectivity index (χ3n) is 1.42. The van der Waals surface area contributed by atoms with Gasteiger partial charge in [-0.2, -0.15) is 0 Å². The third-order valence-corrected chi connectivity index (χ3v) is 1.81. The number of carbonyl (C=O) groups is 1. The summed E-state index contributed by atoms with van der Waals surface area (Å²) >= 11 is 11.3. The van der Waals surface area contributed by atoms with Gasteiger partial charge < -0.3 is 15.7 Å². The second-order valence-corrected chi connectivity index (χ2v) is 3.38. The van der Waals surface area contributed by atoms with Crippen molar-refractivity contribution < 1.29 is 9.90 Å². The fourth-order valence-electron chi connectivity index (χ4n) is 0.882. The molecule has 0 aliphatic carbocycles. The molecule has 82 valence electrons. The number of anilines is 1. The van der Waals surface area contributed by atoms with Crippen molar-refractivity contribution in [2.45, 2.75) is 0 Å². The Labute approximate surface area is 96.4 Å². The van der Waals surface area contributed by atoms with Crippen LogP contribution in [0.4, 0.5) is 10.5 Å². The Morgan fingerprint density at radius 1 is 1.40 bits per heavy atom. The van der Waals surface area contributed by atoms with Crippen LogP contribution in [0.2, 0.25) is 10.3 Å². The summed E-state index contributed by atoms with van der Waals surface area (Å²) in [7, 11) is 0. The Morgan fingerprint density at radius 2 is 2.00 bits per heavy atom. The second kappa shape index (κ2) is 5.75. The first-order valence-electron chi connectivity index (χ1n) is 4.10. The Balaban J connectivity index is 2.60. The molecule has 0 atom stereocenters. The summed E-state index contributed by atoms with van der Waals surface area (Å²) < 4.78 is 0. The number of rotatable bonds is 3. The minimum Gasteiger partial charge on any atom is -0.395 e. The van der Waals surface area contributed by atoms with Gasteiger partial charge in [0.1, 0.15) is 10.3 Å². The number of nitrogens with zero attached hydrogens (tertiary/aromatic N) is 1. The monoisotopic (exact) mass is 249 g/mol. The van der Waals surface area contributed by atoms with Crippen molar-refractivity contribution in [2.75, 3.05) is 18.5 Å². The number of aromatic nitrogens is 1. The van der Waals surface area contributed by atoms with Crippen LogP contribution in [0.1, 0.15) is 0 Å². The molecule has 0 saturated heterocycles. The van der Waals surface area contributed by atoms with Crippen LogP contribution >= 0.6 is 23.2 Å². The summed E-state index contributed by atoms with van der Waals surface area (Å²) in [6.45, 7) is 0.0592. The lowest BCUT2D eigenvalue weighted by atomic mass is 10.4. The van der Waals surface area contributed by atoms with E-state index in [1.54, 1.807) is 0 Å². The number of halogens is 2. The number of pyridine rings is 1. The van der Waals surface area contributed by atoms with E-state index < -0.39 is 6.03 Å². The molecule has 0 bridgehead atoms. The van der Waals surface area contributed by atoms with Gasteiger partial charge in [-0.15, -0.1) is 0 Å². The number of hydrogen-bond acceptors (Lipinski definition) is 3. The molecular formula is C8H9Cl2N3O2. The molecule has 2 amide bonds. The predicted molar refractivity (Wildman–Crippen MR) is 58.4 cm³/mol. The quantitative estimate of drug-likeness (QED) is 0.711. The molecule has 7 heteroatoms. The van der Waals surface area contributed by atoms with Crippen LogP contribution in [0.5, 0.6) is 0 Å². The van der Waals surface area contributed by atoms with E-state index in [2.05, 4.69) is 15.6 Å². The minimum absolute atomic E-state index is 0.120. The van der Waals surface area contributed by atoms with Crippen LogP contribution in [0.25, 0.3) is 0 Å². The van der Waals surface area contributed by atoms with Crippen LogP contribution in [0.3, 0.4) is 0 Å². The van der Waals surface area contributed by atoms with Crippen LogP contribution in [-0.4, -0.2) is 29.3 Å². The average Bonchev–Trinajstić information content (AvgIpc) is 2.13. The maximum Gasteiger partial charge on any atom is 0.319 e. The molecule has 1 heterocycles. The lowest BCUT2D eigenvalue weighted by Gasteiger charge is -2.06. The number of hydrogen-bond donors (Lipinski definition) is 3. The molecule has 15 heavy (non-hydrogen) atoms. The molecule has 3 N–H and O–H groups in total. The number of aliphatic hydroxyl groups excluding tert-OH is 1. The maximum absolute atomic E-state index is 11.2. The number of urea groups is 1. The second-order valence-electron chi connectivity index (χ2n) is 2.61. The van der Waals surface area contributed by atoms with E-state index in [1.165, 1.54) is 12.1 Å². The summed E-state index contributed by atoms with van der Waals surface area (Å²) in [5.74, 6) is 0. The number of aliphatic hydroxyl groups is 1. The summed E-state index contributed by atoms with van der Waals surface area (Å²) in [5.41, 5.74) is 0.440. The van der Waals surface area contributed by atoms with E-state index in [1.807, 2.05) is 0 Å². The summed E-state index contributed by atoms with van der Waals surface area (Å²) in [6.07, 6.45) is 0. The van der Waals surface area contributed by atoms with Gasteiger partial charge in [-0.3, -0.25) is 0 Å². The smallest absolute Gasteiger partial charge is 0.319 e. The highest BCUT2D eigenvalue weighted by atomic mass is 35.5. The molecule has 0 radical (unpaired) electrons. The van der Waals surface area contributed by atoms with Crippen molar-refractivity contribution in [1.29, 1.82) is 0 Å². The first-order chi connectivity index (χ1) is 7.11. The molecular weight excluding hydrogens is 241 g/mol. The number of carbonyl (C=O) groups excluding carboxylic acids is 1. The van der Waals surface area contributed by atoms with Crippen molar-refractivity contribution in [1.82, 2.24) is 10.3 Å². The molecule has 5 nitrogen and oxygen atoms in total. The van der Waals surface area contributed by atoms with E-state index in [0.717, 1.165) is 0 Å². The molecule has 1 aromatic heterocycles. The highest BCUT2D eigenvalue weighted by Gasteiger charge is 2.03. The van der Waals surface area contributed by atoms with Crippen molar-refractivity contribution in [3.63, 3.8) is 0 Å². The summed E-state index contributed by atoms with van der Waals surface area (Å²) in [4.78, 5) is 14.9. The topological polar surface area (TPSA) is 74.2 Å². The first-order valence-corrected chi connectivity index (χ1v) is 4.86. The SMILES string of the molecule is O=C(NCCO)Nc1cc(Cl)nc(Cl)c1. The van der Waals surface area contributed by atoms with Gasteiger partial charge in [0.15, 0.2) is 0 Å². The molecule has 0 aromatic carbocycles. The normalized spacial score (nSPS) is 9.80. The minimum atomic E-state index is -0.442. The fraction of sp³-hybridized carbons (Fsp3) is 0.250. The third kappa shape index (κ3) is 4.33. The Bertz CT molecular complexity index is 339. The Hall–Kier alpha value is -1.04. The number of amides is 2. The van der Waals surface area contributed by atoms with E-state index in [-0.39, 0.29) is 23.5 Å².